The first kappa shape index (κ1) is 65.3. The fraction of sp³-hybridized carbons (Fsp3) is 0.787. The van der Waals surface area contributed by atoms with E-state index in [0.29, 0.717) is 63.4 Å². The number of aliphatic hydroxyl groups is 2. The minimum atomic E-state index is -2.46. The molecule has 4 fully saturated rings. The van der Waals surface area contributed by atoms with Gasteiger partial charge in [0.1, 0.15) is 30.1 Å². The van der Waals surface area contributed by atoms with E-state index in [9.17, 15) is 34.2 Å². The summed E-state index contributed by atoms with van der Waals surface area (Å²) in [5.41, 5.74) is 1.26. The number of ketones is 3. The summed E-state index contributed by atoms with van der Waals surface area (Å²) < 4.78 is 47.9. The first-order valence-electron chi connectivity index (χ1n) is 29.2. The number of hydrogen-bond donors (Lipinski definition) is 2. The lowest BCUT2D eigenvalue weighted by Crippen LogP contribution is -2.61. The highest BCUT2D eigenvalue weighted by molar-refractivity contribution is 6.39. The van der Waals surface area contributed by atoms with Crippen LogP contribution in [0.1, 0.15) is 139 Å². The quantitative estimate of drug-likeness (QED) is 0.0756. The Labute approximate surface area is 466 Å². The molecule has 2 bridgehead atoms. The summed E-state index contributed by atoms with van der Waals surface area (Å²) in [7, 11) is 4.68. The molecule has 5 aliphatic rings. The number of aliphatic hydroxyl groups excluding tert-OH is 1. The Kier molecular flexibility index (Phi) is 27.0. The SMILES string of the molecule is COCCOC1C[C@@H]2CC[C@@H](C)[C@@](O)(O2)C(=O)C(=O)N2CCCCC2C(=O)O[C@H]([C@H](C)C[C@@H]2CC[C@@H](OCCCN3CCOC[C@H]3C)[C@H](OC)C2)CC(=O)[C@H](C)/C=C(\C)[C@@H](O)[C@@H](OC)C(=O)[C@H](C)C[C@H](C)/C=C/C=CC=C1C. The third-order valence-electron chi connectivity index (χ3n) is 17.2. The number of piperidine rings is 1. The Morgan fingerprint density at radius 2 is 1.59 bits per heavy atom. The summed E-state index contributed by atoms with van der Waals surface area (Å²) in [4.78, 5) is 75.6. The second kappa shape index (κ2) is 32.2. The average Bonchev–Trinajstić information content (AvgIpc) is 3.50. The maximum atomic E-state index is 14.7. The molecule has 0 aromatic rings. The molecule has 4 aliphatic heterocycles. The zero-order chi connectivity index (χ0) is 57.1. The number of esters is 1. The zero-order valence-electron chi connectivity index (χ0n) is 49.1. The molecule has 1 amide bonds. The van der Waals surface area contributed by atoms with Gasteiger partial charge in [0.05, 0.1) is 50.8 Å². The van der Waals surface area contributed by atoms with Crippen molar-refractivity contribution in [1.29, 1.82) is 0 Å². The molecular weight excluding hydrogens is 1000 g/mol. The minimum Gasteiger partial charge on any atom is -0.460 e. The van der Waals surface area contributed by atoms with Crippen molar-refractivity contribution in [2.45, 2.75) is 199 Å². The summed E-state index contributed by atoms with van der Waals surface area (Å²) in [6.45, 7) is 19.7. The molecule has 0 radical (unpaired) electrons. The summed E-state index contributed by atoms with van der Waals surface area (Å²) in [5.74, 6) is -7.94. The topological polar surface area (TPSA) is 206 Å². The number of nitrogens with zero attached hydrogens (tertiary/aromatic N) is 2. The van der Waals surface area contributed by atoms with E-state index in [-0.39, 0.29) is 73.9 Å². The molecule has 16 atom stereocenters. The van der Waals surface area contributed by atoms with Crippen LogP contribution in [0.2, 0.25) is 0 Å². The lowest BCUT2D eigenvalue weighted by Gasteiger charge is -2.43. The normalized spacial score (nSPS) is 37.0. The smallest absolute Gasteiger partial charge is 0.329 e. The predicted octanol–water partition coefficient (Wildman–Crippen LogP) is 7.33. The van der Waals surface area contributed by atoms with E-state index in [2.05, 4.69) is 11.8 Å². The number of amides is 1. The van der Waals surface area contributed by atoms with E-state index < -0.39 is 77.8 Å². The summed E-state index contributed by atoms with van der Waals surface area (Å²) in [5, 5.41) is 23.8. The average molecular weight is 1100 g/mol. The third kappa shape index (κ3) is 18.5. The Bertz CT molecular complexity index is 2060. The van der Waals surface area contributed by atoms with E-state index >= 15 is 0 Å². The molecule has 5 rings (SSSR count). The monoisotopic (exact) mass is 1100 g/mol. The minimum absolute atomic E-state index is 0.00337. The van der Waals surface area contributed by atoms with Crippen LogP contribution in [0.5, 0.6) is 0 Å². The summed E-state index contributed by atoms with van der Waals surface area (Å²) in [6.07, 6.45) is 13.2. The van der Waals surface area contributed by atoms with Crippen LogP contribution < -0.4 is 0 Å². The van der Waals surface area contributed by atoms with Crippen molar-refractivity contribution in [3.05, 3.63) is 47.6 Å². The lowest BCUT2D eigenvalue weighted by molar-refractivity contribution is -0.266. The number of Topliss-reactive ketones (excluding diaryl/α,β-unsaturated/α-hetero) is 3. The largest absolute Gasteiger partial charge is 0.460 e. The maximum absolute atomic E-state index is 14.7. The van der Waals surface area contributed by atoms with Gasteiger partial charge < -0.3 is 53.0 Å². The Balaban J connectivity index is 1.42. The molecule has 442 valence electrons. The van der Waals surface area contributed by atoms with Crippen LogP contribution in [-0.2, 0) is 61.9 Å². The Hall–Kier alpha value is -3.49. The number of carbonyl (C=O) groups is 5. The molecule has 17 nitrogen and oxygen atoms in total. The van der Waals surface area contributed by atoms with Crippen molar-refractivity contribution in [3.63, 3.8) is 0 Å². The van der Waals surface area contributed by atoms with Gasteiger partial charge in [0, 0.05) is 84.2 Å². The Morgan fingerprint density at radius 3 is 2.31 bits per heavy atom. The number of methoxy groups -OCH3 is 3. The van der Waals surface area contributed by atoms with E-state index in [0.717, 1.165) is 57.6 Å². The maximum Gasteiger partial charge on any atom is 0.329 e. The van der Waals surface area contributed by atoms with Crippen LogP contribution >= 0.6 is 0 Å². The number of hydrogen-bond acceptors (Lipinski definition) is 16. The second-order valence-corrected chi connectivity index (χ2v) is 23.4. The van der Waals surface area contributed by atoms with Gasteiger partial charge in [-0.2, -0.15) is 0 Å². The molecule has 0 aromatic heterocycles. The summed E-state index contributed by atoms with van der Waals surface area (Å²) in [6, 6.07) is -0.769. The van der Waals surface area contributed by atoms with Crippen molar-refractivity contribution in [2.24, 2.45) is 35.5 Å². The van der Waals surface area contributed by atoms with Gasteiger partial charge in [-0.3, -0.25) is 24.1 Å². The molecule has 0 spiro atoms. The van der Waals surface area contributed by atoms with Crippen molar-refractivity contribution >= 4 is 29.2 Å². The van der Waals surface area contributed by atoms with Crippen molar-refractivity contribution in [1.82, 2.24) is 9.80 Å². The van der Waals surface area contributed by atoms with E-state index in [1.807, 2.05) is 58.1 Å². The molecule has 17 heteroatoms. The van der Waals surface area contributed by atoms with Gasteiger partial charge >= 0.3 is 5.97 Å². The number of carbonyl (C=O) groups excluding carboxylic acids is 5. The van der Waals surface area contributed by atoms with E-state index in [4.69, 9.17) is 37.9 Å². The fourth-order valence-electron chi connectivity index (χ4n) is 12.1. The number of ether oxygens (including phenoxy) is 8. The van der Waals surface area contributed by atoms with Gasteiger partial charge in [-0.15, -0.1) is 0 Å². The highest BCUT2D eigenvalue weighted by atomic mass is 16.6. The molecule has 4 heterocycles. The van der Waals surface area contributed by atoms with Gasteiger partial charge in [-0.25, -0.2) is 4.79 Å². The van der Waals surface area contributed by atoms with Crippen LogP contribution in [0, 0.1) is 35.5 Å². The van der Waals surface area contributed by atoms with Crippen LogP contribution in [0.3, 0.4) is 0 Å². The van der Waals surface area contributed by atoms with E-state index in [1.54, 1.807) is 41.1 Å². The van der Waals surface area contributed by atoms with Crippen LogP contribution in [0.15, 0.2) is 47.6 Å². The van der Waals surface area contributed by atoms with Gasteiger partial charge in [-0.05, 0) is 120 Å². The number of rotatable bonds is 14. The number of cyclic esters (lactones) is 1. The van der Waals surface area contributed by atoms with Crippen molar-refractivity contribution < 1.29 is 72.1 Å². The molecular formula is C61H98N2O15. The number of allylic oxidation sites excluding steroid dienone is 6. The highest BCUT2D eigenvalue weighted by Crippen LogP contribution is 2.38. The second-order valence-electron chi connectivity index (χ2n) is 23.4. The third-order valence-corrected chi connectivity index (χ3v) is 17.2. The number of morpholine rings is 1. The van der Waals surface area contributed by atoms with Gasteiger partial charge in [-0.1, -0.05) is 71.1 Å². The Morgan fingerprint density at radius 1 is 0.821 bits per heavy atom. The van der Waals surface area contributed by atoms with Gasteiger partial charge in [0.15, 0.2) is 5.78 Å². The van der Waals surface area contributed by atoms with Gasteiger partial charge in [0.25, 0.3) is 11.7 Å². The molecule has 3 saturated heterocycles. The van der Waals surface area contributed by atoms with Gasteiger partial charge in [0.2, 0.25) is 5.79 Å². The van der Waals surface area contributed by atoms with Crippen LogP contribution in [0.4, 0.5) is 0 Å². The molecule has 0 aromatic carbocycles. The molecule has 78 heavy (non-hydrogen) atoms. The van der Waals surface area contributed by atoms with E-state index in [1.165, 1.54) is 12.0 Å². The fourth-order valence-corrected chi connectivity index (χ4v) is 12.1. The summed E-state index contributed by atoms with van der Waals surface area (Å²) >= 11 is 0. The molecule has 2 N–H and O–H groups in total. The van der Waals surface area contributed by atoms with Crippen LogP contribution in [-0.4, -0.2) is 184 Å². The zero-order valence-corrected chi connectivity index (χ0v) is 49.1. The first-order valence-corrected chi connectivity index (χ1v) is 29.2. The lowest BCUT2D eigenvalue weighted by atomic mass is 9.78. The predicted molar refractivity (Wildman–Crippen MR) is 296 cm³/mol. The molecule has 1 saturated carbocycles. The molecule has 2 unspecified atom stereocenters. The van der Waals surface area contributed by atoms with Crippen LogP contribution in [0.25, 0.3) is 0 Å². The molecule has 1 aliphatic carbocycles. The van der Waals surface area contributed by atoms with Crippen molar-refractivity contribution in [2.75, 3.05) is 74.0 Å². The standard InChI is InChI=1S/C61H98N2O15/c1-39-18-13-12-14-19-40(2)52(76-31-30-71-9)36-48-23-21-45(7)61(70,78-48)58(67)59(68)63-26-16-15-20-49(63)60(69)77-53(37-50(64)41(3)33-44(6)56(66)57(73-11)55(65)43(5)32-39)42(4)34-47-22-24-51(54(35-47)72-10)75-28-17-25-62-27-29-74-38-46(62)8/h12-14,18-19,33,39,41-43,45-49,51-54,56-57,66,70H,15-17,20-32,34-38H2,1-11H3/b14-12?,18-13+,40-19?,44-33+/t39-,41-,42-,43-,45-,46-,47+,48+,49?,51-,52?,53+,54-,56-,57+,61-/m1/s1. The number of fused-ring (bicyclic) bond motifs is 3. The first-order chi connectivity index (χ1) is 37.2. The van der Waals surface area contributed by atoms with Crippen molar-refractivity contribution in [3.8, 4) is 0 Å². The highest BCUT2D eigenvalue weighted by Gasteiger charge is 2.53.